The molecule has 1 unspecified atom stereocenters. The van der Waals surface area contributed by atoms with Crippen LogP contribution in [0, 0.1) is 0 Å². The fraction of sp³-hybridized carbons (Fsp3) is 0.222. The van der Waals surface area contributed by atoms with Crippen molar-refractivity contribution in [2.45, 2.75) is 39.0 Å². The van der Waals surface area contributed by atoms with E-state index in [2.05, 4.69) is 55.4 Å². The van der Waals surface area contributed by atoms with E-state index in [0.29, 0.717) is 5.02 Å². The number of aryl methyl sites for hydroxylation is 1. The molecule has 6 heteroatoms. The predicted molar refractivity (Wildman–Crippen MR) is 140 cm³/mol. The number of para-hydroxylation sites is 1. The Morgan fingerprint density at radius 3 is 2.27 bits per heavy atom. The van der Waals surface area contributed by atoms with Crippen molar-refractivity contribution in [3.63, 3.8) is 0 Å². The number of hydrogen-bond donors (Lipinski definition) is 1. The number of oxazole rings is 1. The van der Waals surface area contributed by atoms with Crippen molar-refractivity contribution >= 4 is 54.3 Å². The SMILES string of the molecule is CC[n+]1c(C=Cc2ccc(N(c3ccccc3)C(O)[Si](C)(C)C)cc2)oc2ccc(Cl)cc21. The highest BCUT2D eigenvalue weighted by Crippen LogP contribution is 2.31. The lowest BCUT2D eigenvalue weighted by Gasteiger charge is -2.37. The maximum Gasteiger partial charge on any atom is 0.374 e. The standard InChI is InChI=1S/C27H30ClN2O2Si/c1-5-29-24-19-21(28)14-17-25(24)32-26(29)18-13-20-11-15-23(16-12-20)30(27(31)33(2,3)4)22-9-7-6-8-10-22/h6-19,27,31H,5H2,1-4H3/q+1. The first kappa shape index (κ1) is 23.3. The first-order valence-electron chi connectivity index (χ1n) is 11.2. The summed E-state index contributed by atoms with van der Waals surface area (Å²) in [6.07, 6.45) is 4.02. The van der Waals surface area contributed by atoms with Crippen molar-refractivity contribution in [3.8, 4) is 0 Å². The molecule has 0 bridgehead atoms. The molecular weight excluding hydrogens is 448 g/mol. The Bertz CT molecular complexity index is 1260. The molecule has 0 aliphatic heterocycles. The second-order valence-corrected chi connectivity index (χ2v) is 14.9. The summed E-state index contributed by atoms with van der Waals surface area (Å²) in [5, 5.41) is 11.9. The van der Waals surface area contributed by atoms with Gasteiger partial charge >= 0.3 is 5.89 Å². The molecule has 1 heterocycles. The zero-order chi connectivity index (χ0) is 23.6. The van der Waals surface area contributed by atoms with E-state index in [4.69, 9.17) is 16.0 Å². The topological polar surface area (TPSA) is 40.5 Å². The number of fused-ring (bicyclic) bond motifs is 1. The van der Waals surface area contributed by atoms with Gasteiger partial charge in [-0.3, -0.25) is 0 Å². The van der Waals surface area contributed by atoms with E-state index in [-0.39, 0.29) is 0 Å². The average molecular weight is 478 g/mol. The van der Waals surface area contributed by atoms with Crippen LogP contribution < -0.4 is 9.47 Å². The quantitative estimate of drug-likeness (QED) is 0.179. The van der Waals surface area contributed by atoms with Crippen LogP contribution in [0.15, 0.2) is 77.2 Å². The van der Waals surface area contributed by atoms with Gasteiger partial charge in [0.1, 0.15) is 20.5 Å². The van der Waals surface area contributed by atoms with Gasteiger partial charge in [0.2, 0.25) is 5.58 Å². The Morgan fingerprint density at radius 1 is 0.970 bits per heavy atom. The van der Waals surface area contributed by atoms with E-state index >= 15 is 0 Å². The molecule has 0 saturated carbocycles. The van der Waals surface area contributed by atoms with Crippen molar-refractivity contribution in [1.29, 1.82) is 0 Å². The Morgan fingerprint density at radius 2 is 1.64 bits per heavy atom. The molecule has 4 nitrogen and oxygen atoms in total. The summed E-state index contributed by atoms with van der Waals surface area (Å²) >= 11 is 6.17. The molecular formula is C27H30ClN2O2Si+. The fourth-order valence-electron chi connectivity index (χ4n) is 3.85. The number of aliphatic hydroxyl groups excluding tert-OH is 1. The van der Waals surface area contributed by atoms with Crippen LogP contribution in [-0.4, -0.2) is 19.0 Å². The largest absolute Gasteiger partial charge is 0.398 e. The highest BCUT2D eigenvalue weighted by Gasteiger charge is 2.31. The van der Waals surface area contributed by atoms with Crippen molar-refractivity contribution < 1.29 is 14.1 Å². The molecule has 33 heavy (non-hydrogen) atoms. The Labute approximate surface area is 201 Å². The molecule has 1 N–H and O–H groups in total. The van der Waals surface area contributed by atoms with E-state index in [9.17, 15) is 5.11 Å². The van der Waals surface area contributed by atoms with Crippen LogP contribution in [0.5, 0.6) is 0 Å². The summed E-state index contributed by atoms with van der Waals surface area (Å²) in [4.78, 5) is 2.04. The van der Waals surface area contributed by atoms with Crippen molar-refractivity contribution in [2.24, 2.45) is 0 Å². The zero-order valence-corrected chi connectivity index (χ0v) is 21.3. The molecule has 1 aromatic heterocycles. The third-order valence-corrected chi connectivity index (χ3v) is 7.69. The van der Waals surface area contributed by atoms with E-state index in [0.717, 1.165) is 40.5 Å². The molecule has 0 aliphatic carbocycles. The van der Waals surface area contributed by atoms with E-state index < -0.39 is 13.9 Å². The Balaban J connectivity index is 1.64. The summed E-state index contributed by atoms with van der Waals surface area (Å²) in [5.41, 5.74) is 4.81. The summed E-state index contributed by atoms with van der Waals surface area (Å²) < 4.78 is 8.14. The van der Waals surface area contributed by atoms with E-state index in [1.54, 1.807) is 0 Å². The lowest BCUT2D eigenvalue weighted by molar-refractivity contribution is -0.674. The summed E-state index contributed by atoms with van der Waals surface area (Å²) in [6, 6.07) is 24.0. The summed E-state index contributed by atoms with van der Waals surface area (Å²) in [5.74, 6) is 0.242. The van der Waals surface area contributed by atoms with Gasteiger partial charge in [-0.15, -0.1) is 0 Å². The normalized spacial score (nSPS) is 13.0. The van der Waals surface area contributed by atoms with Gasteiger partial charge in [0, 0.05) is 22.5 Å². The van der Waals surface area contributed by atoms with Crippen molar-refractivity contribution in [3.05, 3.63) is 89.3 Å². The Hall–Kier alpha value is -2.86. The van der Waals surface area contributed by atoms with Crippen molar-refractivity contribution in [2.75, 3.05) is 4.90 Å². The average Bonchev–Trinajstić information content (AvgIpc) is 3.15. The number of halogens is 1. The molecule has 4 aromatic rings. The smallest absolute Gasteiger partial charge is 0.374 e. The maximum absolute atomic E-state index is 11.2. The molecule has 0 spiro atoms. The molecule has 0 fully saturated rings. The highest BCUT2D eigenvalue weighted by molar-refractivity contribution is 6.77. The lowest BCUT2D eigenvalue weighted by atomic mass is 10.1. The Kier molecular flexibility index (Phi) is 6.75. The first-order valence-corrected chi connectivity index (χ1v) is 15.2. The minimum absolute atomic E-state index is 0.535. The summed E-state index contributed by atoms with van der Waals surface area (Å²) in [6.45, 7) is 9.40. The van der Waals surface area contributed by atoms with Crippen LogP contribution in [0.25, 0.3) is 23.3 Å². The van der Waals surface area contributed by atoms with Crippen LogP contribution in [0.1, 0.15) is 18.4 Å². The number of hydrogen-bond acceptors (Lipinski definition) is 3. The monoisotopic (exact) mass is 477 g/mol. The second kappa shape index (κ2) is 9.55. The van der Waals surface area contributed by atoms with Gasteiger partial charge in [-0.2, -0.15) is 4.57 Å². The van der Waals surface area contributed by atoms with Gasteiger partial charge in [-0.05, 0) is 55.0 Å². The number of anilines is 2. The maximum atomic E-state index is 11.2. The van der Waals surface area contributed by atoms with Gasteiger partial charge < -0.3 is 14.4 Å². The lowest BCUT2D eigenvalue weighted by Crippen LogP contribution is -2.49. The van der Waals surface area contributed by atoms with Crippen LogP contribution >= 0.6 is 11.6 Å². The van der Waals surface area contributed by atoms with Gasteiger partial charge in [0.25, 0.3) is 5.52 Å². The number of benzene rings is 3. The van der Waals surface area contributed by atoms with Crippen LogP contribution in [0.4, 0.5) is 11.4 Å². The van der Waals surface area contributed by atoms with Crippen molar-refractivity contribution in [1.82, 2.24) is 0 Å². The molecule has 0 aliphatic rings. The third kappa shape index (κ3) is 5.06. The van der Waals surface area contributed by atoms with Gasteiger partial charge in [0.15, 0.2) is 0 Å². The van der Waals surface area contributed by atoms with E-state index in [1.165, 1.54) is 0 Å². The minimum atomic E-state index is -1.85. The highest BCUT2D eigenvalue weighted by atomic mass is 35.5. The molecule has 4 rings (SSSR count). The molecule has 3 aromatic carbocycles. The molecule has 170 valence electrons. The van der Waals surface area contributed by atoms with Gasteiger partial charge in [-0.25, -0.2) is 0 Å². The van der Waals surface area contributed by atoms with Crippen LogP contribution in [0.2, 0.25) is 24.7 Å². The zero-order valence-electron chi connectivity index (χ0n) is 19.5. The van der Waals surface area contributed by atoms with Gasteiger partial charge in [-0.1, -0.05) is 61.6 Å². The number of rotatable bonds is 7. The minimum Gasteiger partial charge on any atom is -0.398 e. The van der Waals surface area contributed by atoms with Gasteiger partial charge in [0.05, 0.1) is 6.08 Å². The van der Waals surface area contributed by atoms with Crippen LogP contribution in [0.3, 0.4) is 0 Å². The number of aliphatic hydroxyl groups is 1. The molecule has 0 saturated heterocycles. The second-order valence-electron chi connectivity index (χ2n) is 9.17. The number of aromatic nitrogens is 1. The predicted octanol–water partition coefficient (Wildman–Crippen LogP) is 6.90. The molecule has 0 amide bonds. The first-order chi connectivity index (χ1) is 15.8. The fourth-order valence-corrected chi connectivity index (χ4v) is 5.08. The van der Waals surface area contributed by atoms with E-state index in [1.807, 2.05) is 65.6 Å². The molecule has 1 atom stereocenters. The molecule has 0 radical (unpaired) electrons. The third-order valence-electron chi connectivity index (χ3n) is 5.65. The van der Waals surface area contributed by atoms with Crippen LogP contribution in [-0.2, 0) is 6.54 Å². The number of nitrogens with zero attached hydrogens (tertiary/aromatic N) is 2. The summed E-state index contributed by atoms with van der Waals surface area (Å²) in [7, 11) is -1.85.